The van der Waals surface area contributed by atoms with Gasteiger partial charge in [0.2, 0.25) is 5.91 Å². The minimum absolute atomic E-state index is 0.0355. The van der Waals surface area contributed by atoms with Crippen LogP contribution in [0.4, 0.5) is 11.4 Å². The van der Waals surface area contributed by atoms with E-state index in [0.29, 0.717) is 13.0 Å². The highest BCUT2D eigenvalue weighted by molar-refractivity contribution is 5.93. The van der Waals surface area contributed by atoms with E-state index in [1.165, 1.54) is 5.56 Å². The van der Waals surface area contributed by atoms with Gasteiger partial charge in [-0.25, -0.2) is 0 Å². The maximum Gasteiger partial charge on any atom is 0.224 e. The summed E-state index contributed by atoms with van der Waals surface area (Å²) in [5.41, 5.74) is 6.11. The van der Waals surface area contributed by atoms with Gasteiger partial charge in [-0.1, -0.05) is 60.7 Å². The monoisotopic (exact) mass is 395 g/mol. The first-order valence-corrected chi connectivity index (χ1v) is 10.2. The van der Waals surface area contributed by atoms with Crippen molar-refractivity contribution >= 4 is 28.2 Å². The zero-order chi connectivity index (χ0) is 20.8. The molecule has 1 aromatic heterocycles. The number of amides is 1. The Kier molecular flexibility index (Phi) is 6.04. The second-order valence-corrected chi connectivity index (χ2v) is 7.42. The lowest BCUT2D eigenvalue weighted by Crippen LogP contribution is -2.27. The molecule has 1 heterocycles. The SMILES string of the molecule is Cc1cc(Nc2cccc(CC(=O)NCCc3ccccc3)c2)c2ccccc2n1. The normalized spacial score (nSPS) is 10.7. The Morgan fingerprint density at radius 2 is 1.63 bits per heavy atom. The molecule has 0 spiro atoms. The van der Waals surface area contributed by atoms with Gasteiger partial charge >= 0.3 is 0 Å². The van der Waals surface area contributed by atoms with Crippen LogP contribution in [0.5, 0.6) is 0 Å². The first kappa shape index (κ1) is 19.6. The fourth-order valence-electron chi connectivity index (χ4n) is 3.56. The van der Waals surface area contributed by atoms with Crippen LogP contribution in [0, 0.1) is 6.92 Å². The summed E-state index contributed by atoms with van der Waals surface area (Å²) in [7, 11) is 0. The van der Waals surface area contributed by atoms with Gasteiger partial charge < -0.3 is 10.6 Å². The molecule has 4 rings (SSSR count). The third-order valence-electron chi connectivity index (χ3n) is 4.99. The summed E-state index contributed by atoms with van der Waals surface area (Å²) >= 11 is 0. The molecule has 3 aromatic carbocycles. The first-order valence-electron chi connectivity index (χ1n) is 10.2. The Balaban J connectivity index is 1.40. The van der Waals surface area contributed by atoms with Crippen molar-refractivity contribution in [3.05, 3.63) is 102 Å². The van der Waals surface area contributed by atoms with Crippen molar-refractivity contribution in [2.45, 2.75) is 19.8 Å². The van der Waals surface area contributed by atoms with Crippen LogP contribution in [-0.2, 0) is 17.6 Å². The predicted molar refractivity (Wildman–Crippen MR) is 123 cm³/mol. The van der Waals surface area contributed by atoms with Crippen molar-refractivity contribution in [3.63, 3.8) is 0 Å². The molecule has 0 unspecified atom stereocenters. The molecule has 0 fully saturated rings. The summed E-state index contributed by atoms with van der Waals surface area (Å²) in [6.45, 7) is 2.64. The lowest BCUT2D eigenvalue weighted by atomic mass is 10.1. The average Bonchev–Trinajstić information content (AvgIpc) is 2.75. The molecule has 0 saturated heterocycles. The van der Waals surface area contributed by atoms with Gasteiger partial charge in [-0.3, -0.25) is 9.78 Å². The molecule has 0 radical (unpaired) electrons. The molecule has 0 atom stereocenters. The lowest BCUT2D eigenvalue weighted by Gasteiger charge is -2.12. The number of para-hydroxylation sites is 1. The van der Waals surface area contributed by atoms with Crippen molar-refractivity contribution in [1.29, 1.82) is 0 Å². The summed E-state index contributed by atoms with van der Waals surface area (Å²) in [4.78, 5) is 16.9. The number of hydrogen-bond acceptors (Lipinski definition) is 3. The Labute approximate surface area is 177 Å². The van der Waals surface area contributed by atoms with Crippen LogP contribution in [0.2, 0.25) is 0 Å². The van der Waals surface area contributed by atoms with E-state index in [4.69, 9.17) is 0 Å². The van der Waals surface area contributed by atoms with Crippen molar-refractivity contribution in [3.8, 4) is 0 Å². The van der Waals surface area contributed by atoms with Gasteiger partial charge in [-0.15, -0.1) is 0 Å². The molecule has 0 aliphatic rings. The van der Waals surface area contributed by atoms with Crippen molar-refractivity contribution in [2.24, 2.45) is 0 Å². The fourth-order valence-corrected chi connectivity index (χ4v) is 3.56. The molecule has 0 saturated carbocycles. The number of benzene rings is 3. The van der Waals surface area contributed by atoms with Gasteiger partial charge in [0.05, 0.1) is 11.9 Å². The number of aromatic nitrogens is 1. The van der Waals surface area contributed by atoms with Crippen molar-refractivity contribution < 1.29 is 4.79 Å². The van der Waals surface area contributed by atoms with E-state index < -0.39 is 0 Å². The number of anilines is 2. The highest BCUT2D eigenvalue weighted by Crippen LogP contribution is 2.26. The number of carbonyl (C=O) groups is 1. The highest BCUT2D eigenvalue weighted by atomic mass is 16.1. The minimum Gasteiger partial charge on any atom is -0.355 e. The maximum atomic E-state index is 12.4. The summed E-state index contributed by atoms with van der Waals surface area (Å²) in [5, 5.41) is 7.58. The minimum atomic E-state index is 0.0355. The molecule has 0 aliphatic carbocycles. The first-order chi connectivity index (χ1) is 14.7. The van der Waals surface area contributed by atoms with Gasteiger partial charge in [0.25, 0.3) is 0 Å². The van der Waals surface area contributed by atoms with Crippen LogP contribution < -0.4 is 10.6 Å². The topological polar surface area (TPSA) is 54.0 Å². The zero-order valence-electron chi connectivity index (χ0n) is 17.1. The van der Waals surface area contributed by atoms with E-state index in [1.807, 2.05) is 73.7 Å². The molecule has 0 bridgehead atoms. The highest BCUT2D eigenvalue weighted by Gasteiger charge is 2.07. The predicted octanol–water partition coefficient (Wildman–Crippen LogP) is 5.19. The van der Waals surface area contributed by atoms with Gasteiger partial charge in [-0.2, -0.15) is 0 Å². The number of carbonyl (C=O) groups excluding carboxylic acids is 1. The largest absolute Gasteiger partial charge is 0.355 e. The Bertz CT molecular complexity index is 1160. The van der Waals surface area contributed by atoms with Crippen LogP contribution in [0.15, 0.2) is 84.9 Å². The van der Waals surface area contributed by atoms with Gasteiger partial charge in [0, 0.05) is 29.0 Å². The third kappa shape index (κ3) is 5.03. The Morgan fingerprint density at radius 1 is 0.867 bits per heavy atom. The average molecular weight is 396 g/mol. The molecule has 4 heteroatoms. The second-order valence-electron chi connectivity index (χ2n) is 7.42. The molecule has 2 N–H and O–H groups in total. The van der Waals surface area contributed by atoms with Crippen LogP contribution in [0.25, 0.3) is 10.9 Å². The van der Waals surface area contributed by atoms with Crippen LogP contribution in [0.3, 0.4) is 0 Å². The smallest absolute Gasteiger partial charge is 0.224 e. The van der Waals surface area contributed by atoms with E-state index in [2.05, 4.69) is 33.8 Å². The number of nitrogens with one attached hydrogen (secondary N) is 2. The fraction of sp³-hybridized carbons (Fsp3) is 0.154. The summed E-state index contributed by atoms with van der Waals surface area (Å²) < 4.78 is 0. The van der Waals surface area contributed by atoms with Crippen LogP contribution >= 0.6 is 0 Å². The van der Waals surface area contributed by atoms with E-state index in [1.54, 1.807) is 0 Å². The summed E-state index contributed by atoms with van der Waals surface area (Å²) in [6, 6.07) is 28.3. The molecule has 4 nitrogen and oxygen atoms in total. The van der Waals surface area contributed by atoms with E-state index in [-0.39, 0.29) is 5.91 Å². The summed E-state index contributed by atoms with van der Waals surface area (Å²) in [5.74, 6) is 0.0355. The molecule has 1 amide bonds. The van der Waals surface area contributed by atoms with Crippen LogP contribution in [0.1, 0.15) is 16.8 Å². The molecule has 150 valence electrons. The van der Waals surface area contributed by atoms with Crippen LogP contribution in [-0.4, -0.2) is 17.4 Å². The number of nitrogens with zero attached hydrogens (tertiary/aromatic N) is 1. The Hall–Kier alpha value is -3.66. The number of rotatable bonds is 7. The van der Waals surface area contributed by atoms with E-state index in [0.717, 1.165) is 40.0 Å². The van der Waals surface area contributed by atoms with Gasteiger partial charge in [0.1, 0.15) is 0 Å². The van der Waals surface area contributed by atoms with Crippen molar-refractivity contribution in [2.75, 3.05) is 11.9 Å². The number of pyridine rings is 1. The standard InChI is InChI=1S/C26H25N3O/c1-19-16-25(23-12-5-6-13-24(23)28-19)29-22-11-7-10-21(17-22)18-26(30)27-15-14-20-8-3-2-4-9-20/h2-13,16-17H,14-15,18H2,1H3,(H,27,30)(H,28,29). The van der Waals surface area contributed by atoms with Gasteiger partial charge in [0.15, 0.2) is 0 Å². The molecular formula is C26H25N3O. The number of fused-ring (bicyclic) bond motifs is 1. The summed E-state index contributed by atoms with van der Waals surface area (Å²) in [6.07, 6.45) is 1.20. The molecule has 0 aliphatic heterocycles. The van der Waals surface area contributed by atoms with E-state index in [9.17, 15) is 4.79 Å². The van der Waals surface area contributed by atoms with E-state index >= 15 is 0 Å². The molecule has 4 aromatic rings. The van der Waals surface area contributed by atoms with Gasteiger partial charge in [-0.05, 0) is 48.7 Å². The zero-order valence-corrected chi connectivity index (χ0v) is 17.1. The van der Waals surface area contributed by atoms with Crippen molar-refractivity contribution in [1.82, 2.24) is 10.3 Å². The number of aryl methyl sites for hydroxylation is 1. The third-order valence-corrected chi connectivity index (χ3v) is 4.99. The number of hydrogen-bond donors (Lipinski definition) is 2. The quantitative estimate of drug-likeness (QED) is 0.453. The maximum absolute atomic E-state index is 12.4. The second kappa shape index (κ2) is 9.23. The molecular weight excluding hydrogens is 370 g/mol. The lowest BCUT2D eigenvalue weighted by molar-refractivity contribution is -0.120. The Morgan fingerprint density at radius 3 is 2.50 bits per heavy atom. The molecule has 30 heavy (non-hydrogen) atoms.